The van der Waals surface area contributed by atoms with E-state index in [0.717, 1.165) is 0 Å². The number of esters is 2. The maximum atomic E-state index is 12.0. The maximum Gasteiger partial charge on any atom is 0.324 e. The van der Waals surface area contributed by atoms with Gasteiger partial charge in [-0.25, -0.2) is 0 Å². The lowest BCUT2D eigenvalue weighted by molar-refractivity contribution is -0.156. The van der Waals surface area contributed by atoms with Gasteiger partial charge in [-0.1, -0.05) is 25.4 Å². The summed E-state index contributed by atoms with van der Waals surface area (Å²) in [5.41, 5.74) is 6.40. The molecule has 1 aromatic carbocycles. The number of halogens is 2. The molecule has 22 heavy (non-hydrogen) atoms. The number of nitrogen functional groups attached to an aromatic ring is 1. The number of hydrogen-bond donors (Lipinski definition) is 1. The number of carbonyl (C=O) groups is 2. The van der Waals surface area contributed by atoms with Crippen molar-refractivity contribution in [3.05, 3.63) is 27.2 Å². The van der Waals surface area contributed by atoms with Crippen molar-refractivity contribution < 1.29 is 19.1 Å². The smallest absolute Gasteiger partial charge is 0.324 e. The van der Waals surface area contributed by atoms with Gasteiger partial charge in [0.2, 0.25) is 0 Å². The van der Waals surface area contributed by atoms with E-state index >= 15 is 0 Å². The van der Waals surface area contributed by atoms with E-state index in [4.69, 9.17) is 26.8 Å². The number of ether oxygens (including phenoxy) is 2. The molecular formula is C15H21BrClNO4. The lowest BCUT2D eigenvalue weighted by Crippen LogP contribution is -2.26. The zero-order chi connectivity index (χ0) is 17.3. The number of benzene rings is 1. The van der Waals surface area contributed by atoms with Crippen LogP contribution in [0, 0.1) is 0 Å². The largest absolute Gasteiger partial charge is 0.465 e. The van der Waals surface area contributed by atoms with E-state index in [2.05, 4.69) is 15.9 Å². The van der Waals surface area contributed by atoms with Crippen LogP contribution in [0.15, 0.2) is 16.6 Å². The van der Waals surface area contributed by atoms with Crippen molar-refractivity contribution in [1.29, 1.82) is 0 Å². The van der Waals surface area contributed by atoms with Gasteiger partial charge < -0.3 is 15.2 Å². The molecule has 1 rings (SSSR count). The molecule has 124 valence electrons. The van der Waals surface area contributed by atoms with Crippen LogP contribution in [-0.4, -0.2) is 25.2 Å². The quantitative estimate of drug-likeness (QED) is 0.465. The van der Waals surface area contributed by atoms with Gasteiger partial charge in [0.15, 0.2) is 5.92 Å². The first kappa shape index (κ1) is 20.7. The number of hydrogen-bond acceptors (Lipinski definition) is 5. The van der Waals surface area contributed by atoms with Crippen LogP contribution in [0.3, 0.4) is 0 Å². The third kappa shape index (κ3) is 5.50. The van der Waals surface area contributed by atoms with Crippen LogP contribution in [0.25, 0.3) is 0 Å². The zero-order valence-corrected chi connectivity index (χ0v) is 15.5. The molecule has 0 aliphatic heterocycles. The van der Waals surface area contributed by atoms with Crippen molar-refractivity contribution in [1.82, 2.24) is 0 Å². The average molecular weight is 395 g/mol. The Bertz CT molecular complexity index is 505. The van der Waals surface area contributed by atoms with Gasteiger partial charge >= 0.3 is 11.9 Å². The molecule has 0 aromatic heterocycles. The predicted octanol–water partition coefficient (Wildman–Crippen LogP) is 3.92. The van der Waals surface area contributed by atoms with Gasteiger partial charge in [-0.15, -0.1) is 0 Å². The monoisotopic (exact) mass is 393 g/mol. The summed E-state index contributed by atoms with van der Waals surface area (Å²) in [5.74, 6) is -2.66. The van der Waals surface area contributed by atoms with Crippen LogP contribution in [0.4, 0.5) is 5.69 Å². The number of anilines is 1. The number of nitrogens with two attached hydrogens (primary N) is 1. The molecule has 2 N–H and O–H groups in total. The first-order chi connectivity index (χ1) is 10.4. The summed E-state index contributed by atoms with van der Waals surface area (Å²) in [6, 6.07) is 2.99. The highest BCUT2D eigenvalue weighted by Crippen LogP contribution is 2.33. The van der Waals surface area contributed by atoms with Crippen molar-refractivity contribution in [2.75, 3.05) is 18.9 Å². The molecule has 0 aliphatic rings. The van der Waals surface area contributed by atoms with Crippen molar-refractivity contribution in [3.8, 4) is 0 Å². The second-order valence-corrected chi connectivity index (χ2v) is 5.09. The van der Waals surface area contributed by atoms with E-state index in [9.17, 15) is 9.59 Å². The van der Waals surface area contributed by atoms with E-state index in [1.165, 1.54) is 12.1 Å². The van der Waals surface area contributed by atoms with E-state index in [1.54, 1.807) is 13.8 Å². The van der Waals surface area contributed by atoms with Crippen molar-refractivity contribution in [3.63, 3.8) is 0 Å². The lowest BCUT2D eigenvalue weighted by atomic mass is 9.98. The molecule has 0 saturated heterocycles. The van der Waals surface area contributed by atoms with Crippen LogP contribution in [0.5, 0.6) is 0 Å². The minimum Gasteiger partial charge on any atom is -0.465 e. The normalized spacial score (nSPS) is 9.77. The summed E-state index contributed by atoms with van der Waals surface area (Å²) in [7, 11) is 0. The molecule has 0 radical (unpaired) electrons. The zero-order valence-electron chi connectivity index (χ0n) is 13.1. The molecule has 0 amide bonds. The Kier molecular flexibility index (Phi) is 9.85. The topological polar surface area (TPSA) is 78.6 Å². The number of rotatable bonds is 5. The summed E-state index contributed by atoms with van der Waals surface area (Å²) in [5, 5.41) is 0.234. The van der Waals surface area contributed by atoms with Gasteiger partial charge in [0.1, 0.15) is 0 Å². The Balaban J connectivity index is 0.00000211. The fourth-order valence-electron chi connectivity index (χ4n) is 1.61. The second kappa shape index (κ2) is 10.5. The van der Waals surface area contributed by atoms with E-state index in [-0.39, 0.29) is 23.8 Å². The standard InChI is InChI=1S/C13H15BrClNO4.C2H6/c1-3-19-12(17)11(13(18)20-4-2)7-5-10(16)8(14)6-9(7)15;1-2/h5-6,11H,3-4,16H2,1-2H3;1-2H3. The fraction of sp³-hybridized carbons (Fsp3) is 0.467. The Morgan fingerprint density at radius 3 is 2.05 bits per heavy atom. The van der Waals surface area contributed by atoms with Gasteiger partial charge in [-0.05, 0) is 47.5 Å². The Hall–Kier alpha value is -1.27. The van der Waals surface area contributed by atoms with Gasteiger partial charge in [-0.3, -0.25) is 9.59 Å². The first-order valence-electron chi connectivity index (χ1n) is 7.00. The van der Waals surface area contributed by atoms with Crippen molar-refractivity contribution in [2.45, 2.75) is 33.6 Å². The highest BCUT2D eigenvalue weighted by molar-refractivity contribution is 9.10. The van der Waals surface area contributed by atoms with Gasteiger partial charge in [0.05, 0.1) is 13.2 Å². The molecule has 7 heteroatoms. The van der Waals surface area contributed by atoms with Crippen molar-refractivity contribution >= 4 is 45.2 Å². The SMILES string of the molecule is CC.CCOC(=O)C(C(=O)OCC)c1cc(N)c(Br)cc1Cl. The highest BCUT2D eigenvalue weighted by Gasteiger charge is 2.33. The Morgan fingerprint density at radius 2 is 1.64 bits per heavy atom. The molecule has 0 aliphatic carbocycles. The summed E-state index contributed by atoms with van der Waals surface area (Å²) in [6.07, 6.45) is 0. The minimum atomic E-state index is -1.24. The first-order valence-corrected chi connectivity index (χ1v) is 8.17. The maximum absolute atomic E-state index is 12.0. The summed E-state index contributed by atoms with van der Waals surface area (Å²) < 4.78 is 10.4. The van der Waals surface area contributed by atoms with Crippen molar-refractivity contribution in [2.24, 2.45) is 0 Å². The molecule has 5 nitrogen and oxygen atoms in total. The predicted molar refractivity (Wildman–Crippen MR) is 90.9 cm³/mol. The third-order valence-electron chi connectivity index (χ3n) is 2.47. The number of carbonyl (C=O) groups excluding carboxylic acids is 2. The van der Waals surface area contributed by atoms with Gasteiger partial charge in [0, 0.05) is 15.2 Å². The summed E-state index contributed by atoms with van der Waals surface area (Å²) in [4.78, 5) is 23.9. The molecular weight excluding hydrogens is 374 g/mol. The van der Waals surface area contributed by atoms with Gasteiger partial charge in [-0.2, -0.15) is 0 Å². The third-order valence-corrected chi connectivity index (χ3v) is 3.49. The Morgan fingerprint density at radius 1 is 1.18 bits per heavy atom. The Labute approximate surface area is 144 Å². The lowest BCUT2D eigenvalue weighted by Gasteiger charge is -2.16. The van der Waals surface area contributed by atoms with E-state index in [0.29, 0.717) is 10.2 Å². The molecule has 1 aromatic rings. The molecule has 0 spiro atoms. The molecule has 0 bridgehead atoms. The average Bonchev–Trinajstić information content (AvgIpc) is 2.47. The second-order valence-electron chi connectivity index (χ2n) is 3.83. The van der Waals surface area contributed by atoms with E-state index in [1.807, 2.05) is 13.8 Å². The van der Waals surface area contributed by atoms with Crippen LogP contribution < -0.4 is 5.73 Å². The molecule has 0 fully saturated rings. The summed E-state index contributed by atoms with van der Waals surface area (Å²) >= 11 is 9.31. The van der Waals surface area contributed by atoms with Crippen LogP contribution in [-0.2, 0) is 19.1 Å². The summed E-state index contributed by atoms with van der Waals surface area (Å²) in [6.45, 7) is 7.60. The minimum absolute atomic E-state index is 0.151. The molecule has 0 unspecified atom stereocenters. The van der Waals surface area contributed by atoms with Gasteiger partial charge in [0.25, 0.3) is 0 Å². The van der Waals surface area contributed by atoms with Crippen LogP contribution in [0.1, 0.15) is 39.2 Å². The molecule has 0 saturated carbocycles. The van der Waals surface area contributed by atoms with Crippen LogP contribution in [0.2, 0.25) is 5.02 Å². The van der Waals surface area contributed by atoms with Crippen LogP contribution >= 0.6 is 27.5 Å². The highest BCUT2D eigenvalue weighted by atomic mass is 79.9. The molecule has 0 atom stereocenters. The fourth-order valence-corrected chi connectivity index (χ4v) is 2.35. The molecule has 0 heterocycles. The van der Waals surface area contributed by atoms with E-state index < -0.39 is 17.9 Å².